The molecule has 1 fully saturated rings. The topological polar surface area (TPSA) is 130 Å². The van der Waals surface area contributed by atoms with E-state index in [0.717, 1.165) is 11.1 Å². The van der Waals surface area contributed by atoms with Crippen molar-refractivity contribution < 1.29 is 19.1 Å². The number of β-lactam (4-membered cyclic amide) rings is 1. The predicted molar refractivity (Wildman–Crippen MR) is 128 cm³/mol. The van der Waals surface area contributed by atoms with E-state index in [2.05, 4.69) is 19.4 Å². The number of nitrogens with zero attached hydrogens (tertiary/aromatic N) is 6. The van der Waals surface area contributed by atoms with Crippen LogP contribution in [0.25, 0.3) is 10.4 Å². The van der Waals surface area contributed by atoms with E-state index < -0.39 is 30.1 Å². The van der Waals surface area contributed by atoms with Gasteiger partial charge in [0.25, 0.3) is 0 Å². The zero-order chi connectivity index (χ0) is 24.2. The third kappa shape index (κ3) is 4.59. The summed E-state index contributed by atoms with van der Waals surface area (Å²) in [7, 11) is 0. The van der Waals surface area contributed by atoms with Gasteiger partial charge in [-0.2, -0.15) is 4.37 Å². The highest BCUT2D eigenvalue weighted by Crippen LogP contribution is 2.38. The van der Waals surface area contributed by atoms with E-state index in [1.807, 2.05) is 60.7 Å². The second-order valence-electron chi connectivity index (χ2n) is 7.61. The lowest BCUT2D eigenvalue weighted by Gasteiger charge is -2.48. The van der Waals surface area contributed by atoms with Crippen molar-refractivity contribution in [3.8, 4) is 0 Å². The number of carbonyl (C=O) groups excluding carboxylic acids is 2. The fourth-order valence-electron chi connectivity index (χ4n) is 3.97. The molecule has 35 heavy (non-hydrogen) atoms. The van der Waals surface area contributed by atoms with Gasteiger partial charge in [-0.15, -0.1) is 0 Å². The molecule has 0 saturated carbocycles. The quantitative estimate of drug-likeness (QED) is 0.112. The summed E-state index contributed by atoms with van der Waals surface area (Å²) in [4.78, 5) is 34.7. The molecule has 0 N–H and O–H groups in total. The highest BCUT2D eigenvalue weighted by molar-refractivity contribution is 8.01. The van der Waals surface area contributed by atoms with Crippen LogP contribution < -0.4 is 0 Å². The molecule has 2 aliphatic heterocycles. The van der Waals surface area contributed by atoms with Crippen LogP contribution in [0, 0.1) is 0 Å². The largest absolute Gasteiger partial charge is 0.492 e. The van der Waals surface area contributed by atoms with E-state index in [9.17, 15) is 9.59 Å². The van der Waals surface area contributed by atoms with Crippen molar-refractivity contribution in [3.05, 3.63) is 100 Å². The van der Waals surface area contributed by atoms with Gasteiger partial charge in [-0.05, 0) is 28.2 Å². The molecule has 2 aromatic carbocycles. The molecule has 1 amide bonds. The van der Waals surface area contributed by atoms with Crippen LogP contribution in [-0.4, -0.2) is 50.6 Å². The number of azide groups is 1. The number of carbonyl (C=O) groups is 2. The molecule has 2 atom stereocenters. The standard InChI is InChI=1S/C23H18N6O4S2/c24-28-27-18-16-11-32-17(12-34-23-25-13-26-35-23)19(29(16)21(18)30)22(31)33-20(14-7-3-1-4-8-14)15-9-5-2-6-10-15/h1-10,13,16,18,20H,11-12H2. The summed E-state index contributed by atoms with van der Waals surface area (Å²) in [6.07, 6.45) is 0.751. The monoisotopic (exact) mass is 506 g/mol. The number of hydrogen-bond acceptors (Lipinski definition) is 9. The lowest BCUT2D eigenvalue weighted by molar-refractivity contribution is -0.160. The Hall–Kier alpha value is -3.86. The lowest BCUT2D eigenvalue weighted by Crippen LogP contribution is -2.67. The van der Waals surface area contributed by atoms with Gasteiger partial charge >= 0.3 is 5.97 Å². The van der Waals surface area contributed by atoms with Crippen LogP contribution in [0.4, 0.5) is 0 Å². The molecular weight excluding hydrogens is 488 g/mol. The second-order valence-corrected chi connectivity index (χ2v) is 9.61. The van der Waals surface area contributed by atoms with Crippen molar-refractivity contribution in [1.29, 1.82) is 0 Å². The van der Waals surface area contributed by atoms with Crippen molar-refractivity contribution in [2.75, 3.05) is 12.4 Å². The Morgan fingerprint density at radius 1 is 1.23 bits per heavy atom. The molecule has 0 aliphatic carbocycles. The number of rotatable bonds is 8. The van der Waals surface area contributed by atoms with Crippen LogP contribution >= 0.6 is 23.3 Å². The molecular formula is C23H18N6O4S2. The highest BCUT2D eigenvalue weighted by Gasteiger charge is 2.54. The van der Waals surface area contributed by atoms with Gasteiger partial charge in [-0.3, -0.25) is 9.69 Å². The Morgan fingerprint density at radius 3 is 2.51 bits per heavy atom. The molecule has 10 nitrogen and oxygen atoms in total. The smallest absolute Gasteiger partial charge is 0.359 e. The first-order chi connectivity index (χ1) is 17.2. The Kier molecular flexibility index (Phi) is 6.66. The Balaban J connectivity index is 1.48. The minimum absolute atomic E-state index is 0.0181. The molecule has 0 radical (unpaired) electrons. The fraction of sp³-hybridized carbons (Fsp3) is 0.217. The molecule has 2 unspecified atom stereocenters. The van der Waals surface area contributed by atoms with Gasteiger partial charge in [0.15, 0.2) is 16.1 Å². The summed E-state index contributed by atoms with van der Waals surface area (Å²) in [5.74, 6) is -0.603. The minimum atomic E-state index is -0.917. The fourth-order valence-corrected chi connectivity index (χ4v) is 5.36. The van der Waals surface area contributed by atoms with Crippen molar-refractivity contribution >= 4 is 35.2 Å². The number of fused-ring (bicyclic) bond motifs is 1. The van der Waals surface area contributed by atoms with E-state index in [4.69, 9.17) is 15.0 Å². The average Bonchev–Trinajstić information content (AvgIpc) is 3.43. The third-order valence-corrected chi connectivity index (χ3v) is 7.38. The van der Waals surface area contributed by atoms with E-state index >= 15 is 0 Å². The first-order valence-electron chi connectivity index (χ1n) is 10.6. The third-order valence-electron chi connectivity index (χ3n) is 5.59. The van der Waals surface area contributed by atoms with Crippen molar-refractivity contribution in [2.45, 2.75) is 22.5 Å². The van der Waals surface area contributed by atoms with Crippen LogP contribution in [0.5, 0.6) is 0 Å². The maximum absolute atomic E-state index is 13.6. The van der Waals surface area contributed by atoms with E-state index in [1.54, 1.807) is 0 Å². The molecule has 176 valence electrons. The van der Waals surface area contributed by atoms with Gasteiger partial charge in [0.1, 0.15) is 24.7 Å². The van der Waals surface area contributed by atoms with Gasteiger partial charge in [0.05, 0.1) is 11.8 Å². The molecule has 5 rings (SSSR count). The average molecular weight is 507 g/mol. The second kappa shape index (κ2) is 10.2. The molecule has 3 heterocycles. The molecule has 3 aromatic rings. The number of esters is 1. The number of aromatic nitrogens is 2. The van der Waals surface area contributed by atoms with Gasteiger partial charge in [-0.1, -0.05) is 77.5 Å². The first-order valence-corrected chi connectivity index (χ1v) is 12.4. The SMILES string of the molecule is [N-]=[N+]=NC1C(=O)N2C(C(=O)OC(c3ccccc3)c3ccccc3)=C(CSc3ncns3)OCC12. The van der Waals surface area contributed by atoms with Crippen LogP contribution in [0.2, 0.25) is 0 Å². The summed E-state index contributed by atoms with van der Waals surface area (Å²) in [5.41, 5.74) is 10.4. The molecule has 1 saturated heterocycles. The molecule has 12 heteroatoms. The van der Waals surface area contributed by atoms with Gasteiger partial charge in [0.2, 0.25) is 5.91 Å². The Morgan fingerprint density at radius 2 is 1.91 bits per heavy atom. The van der Waals surface area contributed by atoms with Crippen molar-refractivity contribution in [1.82, 2.24) is 14.3 Å². The summed E-state index contributed by atoms with van der Waals surface area (Å²) in [5, 5.41) is 3.57. The zero-order valence-electron chi connectivity index (χ0n) is 18.1. The van der Waals surface area contributed by atoms with E-state index in [1.165, 1.54) is 34.5 Å². The van der Waals surface area contributed by atoms with Crippen LogP contribution in [0.3, 0.4) is 0 Å². The van der Waals surface area contributed by atoms with Gasteiger partial charge < -0.3 is 9.47 Å². The summed E-state index contributed by atoms with van der Waals surface area (Å²) >= 11 is 2.56. The number of hydrogen-bond donors (Lipinski definition) is 0. The Bertz CT molecular complexity index is 1260. The molecule has 1 aromatic heterocycles. The summed E-state index contributed by atoms with van der Waals surface area (Å²) in [6, 6.07) is 17.2. The molecule has 2 aliphatic rings. The van der Waals surface area contributed by atoms with Crippen LogP contribution in [-0.2, 0) is 19.1 Å². The number of thioether (sulfide) groups is 1. The number of amides is 1. The molecule has 0 spiro atoms. The predicted octanol–water partition coefficient (Wildman–Crippen LogP) is 4.09. The van der Waals surface area contributed by atoms with Gasteiger partial charge in [-0.25, -0.2) is 9.78 Å². The number of benzene rings is 2. The van der Waals surface area contributed by atoms with Crippen molar-refractivity contribution in [3.63, 3.8) is 0 Å². The summed E-state index contributed by atoms with van der Waals surface area (Å²) < 4.78 is 16.6. The lowest BCUT2D eigenvalue weighted by atomic mass is 9.93. The van der Waals surface area contributed by atoms with Crippen molar-refractivity contribution in [2.24, 2.45) is 5.11 Å². The zero-order valence-corrected chi connectivity index (χ0v) is 19.8. The maximum Gasteiger partial charge on any atom is 0.359 e. The van der Waals surface area contributed by atoms with Crippen LogP contribution in [0.15, 0.2) is 87.9 Å². The number of ether oxygens (including phenoxy) is 2. The van der Waals surface area contributed by atoms with Crippen LogP contribution in [0.1, 0.15) is 17.2 Å². The summed E-state index contributed by atoms with van der Waals surface area (Å²) in [6.45, 7) is 0.110. The van der Waals surface area contributed by atoms with E-state index in [0.29, 0.717) is 10.1 Å². The minimum Gasteiger partial charge on any atom is -0.492 e. The first kappa shape index (κ1) is 22.9. The molecule has 0 bridgehead atoms. The highest BCUT2D eigenvalue weighted by atomic mass is 32.2. The normalized spacial score (nSPS) is 18.9. The Labute approximate surface area is 208 Å². The van der Waals surface area contributed by atoms with E-state index in [-0.39, 0.29) is 18.1 Å². The van der Waals surface area contributed by atoms with Gasteiger partial charge in [0, 0.05) is 4.91 Å². The maximum atomic E-state index is 13.6.